The number of amides is 1. The predicted octanol–water partition coefficient (Wildman–Crippen LogP) is 8.01. The number of ether oxygens (including phenoxy) is 2. The highest BCUT2D eigenvalue weighted by Gasteiger charge is 2.56. The van der Waals surface area contributed by atoms with Crippen molar-refractivity contribution in [1.29, 1.82) is 0 Å². The highest BCUT2D eigenvalue weighted by Crippen LogP contribution is 2.65. The number of carbonyl (C=O) groups excluding carboxylic acids is 2. The van der Waals surface area contributed by atoms with Crippen LogP contribution in [0.4, 0.5) is 4.79 Å². The Bertz CT molecular complexity index is 1690. The van der Waals surface area contributed by atoms with Crippen molar-refractivity contribution < 1.29 is 38.1 Å². The van der Waals surface area contributed by atoms with Crippen molar-refractivity contribution >= 4 is 25.4 Å². The number of esters is 1. The molecule has 4 bridgehead atoms. The molecule has 4 fully saturated rings. The Morgan fingerprint density at radius 1 is 0.860 bits per heavy atom. The van der Waals surface area contributed by atoms with Crippen LogP contribution in [0.15, 0.2) is 78.9 Å². The Hall–Kier alpha value is -3.94. The first-order chi connectivity index (χ1) is 24.1. The molecule has 3 unspecified atom stereocenters. The number of fused-ring (bicyclic) bond motifs is 3. The van der Waals surface area contributed by atoms with Crippen LogP contribution in [-0.2, 0) is 34.6 Å². The van der Waals surface area contributed by atoms with E-state index in [1.165, 1.54) is 7.11 Å². The summed E-state index contributed by atoms with van der Waals surface area (Å²) in [5.41, 5.74) is 4.47. The predicted molar refractivity (Wildman–Crippen MR) is 189 cm³/mol. The monoisotopic (exact) mass is 699 g/mol. The van der Waals surface area contributed by atoms with Gasteiger partial charge in [-0.3, -0.25) is 14.2 Å². The normalized spacial score (nSPS) is 25.5. The molecular weight excluding hydrogens is 653 g/mol. The Kier molecular flexibility index (Phi) is 9.91. The summed E-state index contributed by atoms with van der Waals surface area (Å²) in [7, 11) is -2.72. The summed E-state index contributed by atoms with van der Waals surface area (Å²) >= 11 is 0. The van der Waals surface area contributed by atoms with Crippen LogP contribution in [0.25, 0.3) is 11.1 Å². The maximum Gasteiger partial charge on any atom is 0.407 e. The average Bonchev–Trinajstić information content (AvgIpc) is 3.41. The lowest BCUT2D eigenvalue weighted by Crippen LogP contribution is -2.52. The van der Waals surface area contributed by atoms with Gasteiger partial charge in [0.2, 0.25) is 7.37 Å². The van der Waals surface area contributed by atoms with E-state index in [1.54, 1.807) is 0 Å². The molecule has 10 heteroatoms. The van der Waals surface area contributed by atoms with Crippen molar-refractivity contribution in [1.82, 2.24) is 5.32 Å². The fourth-order valence-electron chi connectivity index (χ4n) is 9.63. The summed E-state index contributed by atoms with van der Waals surface area (Å²) in [6.45, 7) is 0.0511. The van der Waals surface area contributed by atoms with Gasteiger partial charge in [-0.1, -0.05) is 78.9 Å². The molecule has 2 N–H and O–H groups in total. The number of carboxylic acid groups (broad SMARTS) is 1. The summed E-state index contributed by atoms with van der Waals surface area (Å²) < 4.78 is 33.4. The third-order valence-corrected chi connectivity index (χ3v) is 14.4. The first-order valence-electron chi connectivity index (χ1n) is 17.9. The van der Waals surface area contributed by atoms with Crippen LogP contribution in [0, 0.1) is 23.7 Å². The van der Waals surface area contributed by atoms with Gasteiger partial charge in [0.1, 0.15) is 12.4 Å². The number of aliphatic carboxylic acids is 1. The van der Waals surface area contributed by atoms with Gasteiger partial charge in [-0.2, -0.15) is 0 Å². The quantitative estimate of drug-likeness (QED) is 0.128. The van der Waals surface area contributed by atoms with Crippen molar-refractivity contribution in [3.8, 4) is 11.1 Å². The van der Waals surface area contributed by atoms with Crippen LogP contribution in [-0.4, -0.2) is 54.4 Å². The first kappa shape index (κ1) is 34.5. The van der Waals surface area contributed by atoms with E-state index >= 15 is 4.57 Å². The number of benzene rings is 3. The van der Waals surface area contributed by atoms with E-state index in [0.717, 1.165) is 66.3 Å². The average molecular weight is 700 g/mol. The first-order valence-corrected chi connectivity index (χ1v) is 19.8. The summed E-state index contributed by atoms with van der Waals surface area (Å²) in [4.78, 5) is 39.0. The molecule has 5 aliphatic carbocycles. The standard InChI is InChI=1S/C40H46NO8P/c1-47-37(42)16-15-36(41-39(45)48-24-35-33-13-7-5-11-31(33)32-12-6-8-14-34(32)35)50(46,25-30(38(43)44)20-26-9-3-2-4-10-26)49-40-21-27-17-28(22-40)19-29(18-27)23-40/h2-14,27-30,35-36H,15-25H2,1H3,(H,41,45)(H,43,44). The molecular formula is C40H46NO8P. The maximum absolute atomic E-state index is 15.6. The van der Waals surface area contributed by atoms with Crippen LogP contribution in [0.2, 0.25) is 0 Å². The van der Waals surface area contributed by atoms with Crippen molar-refractivity contribution in [2.24, 2.45) is 23.7 Å². The van der Waals surface area contributed by atoms with Crippen LogP contribution < -0.4 is 5.32 Å². The molecule has 1 amide bonds. The largest absolute Gasteiger partial charge is 0.481 e. The molecule has 8 rings (SSSR count). The van der Waals surface area contributed by atoms with Crippen LogP contribution in [0.3, 0.4) is 0 Å². The molecule has 0 aliphatic heterocycles. The Morgan fingerprint density at radius 2 is 1.42 bits per heavy atom. The molecule has 0 saturated heterocycles. The van der Waals surface area contributed by atoms with E-state index in [-0.39, 0.29) is 37.9 Å². The molecule has 4 saturated carbocycles. The van der Waals surface area contributed by atoms with Gasteiger partial charge in [0.25, 0.3) is 0 Å². The van der Waals surface area contributed by atoms with E-state index in [9.17, 15) is 19.5 Å². The number of rotatable bonds is 14. The molecule has 0 radical (unpaired) electrons. The van der Waals surface area contributed by atoms with Gasteiger partial charge in [0.05, 0.1) is 18.6 Å². The summed E-state index contributed by atoms with van der Waals surface area (Å²) in [5.74, 6) is -2.53. The van der Waals surface area contributed by atoms with Crippen molar-refractivity contribution in [3.63, 3.8) is 0 Å². The van der Waals surface area contributed by atoms with Gasteiger partial charge >= 0.3 is 18.0 Å². The highest BCUT2D eigenvalue weighted by atomic mass is 31.2. The molecule has 0 spiro atoms. The van der Waals surface area contributed by atoms with E-state index in [0.29, 0.717) is 17.8 Å². The van der Waals surface area contributed by atoms with Crippen molar-refractivity contribution in [3.05, 3.63) is 95.6 Å². The second-order valence-electron chi connectivity index (χ2n) is 14.9. The SMILES string of the molecule is COC(=O)CCC(NC(=O)OCC1c2ccccc2-c2ccccc21)P(=O)(CC(Cc1ccccc1)C(=O)O)OC12CC3CC(CC(C3)C1)C2. The number of nitrogens with one attached hydrogen (secondary N) is 1. The van der Waals surface area contributed by atoms with Gasteiger partial charge in [-0.05, 0) is 96.9 Å². The maximum atomic E-state index is 15.6. The summed E-state index contributed by atoms with van der Waals surface area (Å²) in [5, 5.41) is 13.3. The smallest absolute Gasteiger partial charge is 0.407 e. The topological polar surface area (TPSA) is 128 Å². The third-order valence-electron chi connectivity index (χ3n) is 11.4. The Balaban J connectivity index is 1.17. The molecule has 3 aromatic rings. The zero-order chi connectivity index (χ0) is 34.9. The highest BCUT2D eigenvalue weighted by molar-refractivity contribution is 7.59. The van der Waals surface area contributed by atoms with E-state index in [1.807, 2.05) is 66.7 Å². The van der Waals surface area contributed by atoms with Crippen molar-refractivity contribution in [2.45, 2.75) is 75.1 Å². The Morgan fingerprint density at radius 3 is 1.98 bits per heavy atom. The molecule has 0 aromatic heterocycles. The number of carboxylic acids is 1. The van der Waals surface area contributed by atoms with E-state index in [2.05, 4.69) is 17.4 Å². The zero-order valence-electron chi connectivity index (χ0n) is 28.5. The van der Waals surface area contributed by atoms with Crippen LogP contribution in [0.5, 0.6) is 0 Å². The Labute approximate surface area is 293 Å². The van der Waals surface area contributed by atoms with Crippen LogP contribution >= 0.6 is 7.37 Å². The minimum atomic E-state index is -4.00. The number of alkyl carbamates (subject to hydrolysis) is 1. The second kappa shape index (κ2) is 14.4. The molecule has 9 nitrogen and oxygen atoms in total. The van der Waals surface area contributed by atoms with E-state index < -0.39 is 42.7 Å². The lowest BCUT2D eigenvalue weighted by Gasteiger charge is -2.57. The third kappa shape index (κ3) is 7.26. The van der Waals surface area contributed by atoms with Gasteiger partial charge in [-0.15, -0.1) is 0 Å². The minimum absolute atomic E-state index is 0.0435. The minimum Gasteiger partial charge on any atom is -0.481 e. The lowest BCUT2D eigenvalue weighted by molar-refractivity contribution is -0.142. The number of hydrogen-bond acceptors (Lipinski definition) is 7. The van der Waals surface area contributed by atoms with Gasteiger partial charge in [-0.25, -0.2) is 4.79 Å². The number of hydrogen-bond donors (Lipinski definition) is 2. The molecule has 264 valence electrons. The molecule has 3 atom stereocenters. The second-order valence-corrected chi connectivity index (χ2v) is 17.5. The lowest BCUT2D eigenvalue weighted by atomic mass is 9.54. The molecule has 3 aromatic carbocycles. The van der Waals surface area contributed by atoms with Crippen LogP contribution in [0.1, 0.15) is 74.0 Å². The van der Waals surface area contributed by atoms with E-state index in [4.69, 9.17) is 14.0 Å². The summed E-state index contributed by atoms with van der Waals surface area (Å²) in [6, 6.07) is 25.3. The molecule has 0 heterocycles. The fraction of sp³-hybridized carbons (Fsp3) is 0.475. The fourth-order valence-corrected chi connectivity index (χ4v) is 12.7. The van der Waals surface area contributed by atoms with Gasteiger partial charge in [0, 0.05) is 18.5 Å². The molecule has 5 aliphatic rings. The van der Waals surface area contributed by atoms with Gasteiger partial charge < -0.3 is 24.4 Å². The molecule has 50 heavy (non-hydrogen) atoms. The number of carbonyl (C=O) groups is 3. The number of methoxy groups -OCH3 is 1. The summed E-state index contributed by atoms with van der Waals surface area (Å²) in [6.07, 6.45) is 4.65. The van der Waals surface area contributed by atoms with Gasteiger partial charge in [0.15, 0.2) is 0 Å². The zero-order valence-corrected chi connectivity index (χ0v) is 29.4. The van der Waals surface area contributed by atoms with Crippen molar-refractivity contribution in [2.75, 3.05) is 19.9 Å².